The van der Waals surface area contributed by atoms with Gasteiger partial charge < -0.3 is 18.9 Å². The van der Waals surface area contributed by atoms with Crippen LogP contribution in [-0.2, 0) is 16.1 Å². The minimum absolute atomic E-state index is 0.218. The van der Waals surface area contributed by atoms with Crippen molar-refractivity contribution >= 4 is 45.8 Å². The molecule has 1 aliphatic rings. The molecule has 0 radical (unpaired) electrons. The lowest BCUT2D eigenvalue weighted by Crippen LogP contribution is -2.39. The Kier molecular flexibility index (Phi) is 9.23. The van der Waals surface area contributed by atoms with E-state index in [2.05, 4.69) is 23.2 Å². The van der Waals surface area contributed by atoms with Gasteiger partial charge in [-0.3, -0.25) is 9.36 Å². The van der Waals surface area contributed by atoms with Crippen LogP contribution in [0.3, 0.4) is 0 Å². The van der Waals surface area contributed by atoms with Gasteiger partial charge in [0.1, 0.15) is 12.4 Å². The lowest BCUT2D eigenvalue weighted by Gasteiger charge is -2.23. The fourth-order valence-corrected chi connectivity index (χ4v) is 6.61. The maximum absolute atomic E-state index is 14.1. The quantitative estimate of drug-likeness (QED) is 0.167. The Labute approximate surface area is 274 Å². The number of carbonyl (C=O) groups excluding carboxylic acids is 1. The fraction of sp³-hybridized carbons (Fsp3) is 0.194. The molecule has 0 saturated carbocycles. The first-order valence-electron chi connectivity index (χ1n) is 14.8. The molecule has 0 bridgehead atoms. The predicted molar refractivity (Wildman–Crippen MR) is 180 cm³/mol. The molecule has 2 heterocycles. The zero-order valence-corrected chi connectivity index (χ0v) is 27.1. The van der Waals surface area contributed by atoms with Gasteiger partial charge in [-0.25, -0.2) is 9.79 Å². The molecule has 10 heteroatoms. The molecule has 234 valence electrons. The number of hydrogen-bond acceptors (Lipinski definition) is 8. The number of methoxy groups -OCH3 is 1. The zero-order valence-electron chi connectivity index (χ0n) is 25.5. The molecule has 0 spiro atoms. The van der Waals surface area contributed by atoms with Gasteiger partial charge in [-0.15, -0.1) is 0 Å². The van der Waals surface area contributed by atoms with Gasteiger partial charge in [-0.2, -0.15) is 0 Å². The van der Waals surface area contributed by atoms with Gasteiger partial charge in [0.2, 0.25) is 0 Å². The number of nitrogens with zero attached hydrogens (tertiary/aromatic N) is 2. The zero-order chi connectivity index (χ0) is 32.2. The van der Waals surface area contributed by atoms with Crippen molar-refractivity contribution in [3.05, 3.63) is 132 Å². The van der Waals surface area contributed by atoms with Gasteiger partial charge in [0.05, 0.1) is 36.5 Å². The Morgan fingerprint density at radius 2 is 1.70 bits per heavy atom. The first-order valence-corrected chi connectivity index (χ1v) is 16.0. The molecular formula is C36H31ClN2O6S. The van der Waals surface area contributed by atoms with Crippen molar-refractivity contribution in [1.82, 2.24) is 4.57 Å². The highest BCUT2D eigenvalue weighted by Crippen LogP contribution is 2.35. The highest BCUT2D eigenvalue weighted by molar-refractivity contribution is 7.07. The van der Waals surface area contributed by atoms with Crippen molar-refractivity contribution in [2.24, 2.45) is 4.99 Å². The number of benzene rings is 4. The number of halogens is 1. The van der Waals surface area contributed by atoms with Crippen LogP contribution in [0.5, 0.6) is 17.2 Å². The minimum atomic E-state index is -0.804. The van der Waals surface area contributed by atoms with Crippen molar-refractivity contribution in [3.63, 3.8) is 0 Å². The molecule has 1 aliphatic heterocycles. The first kappa shape index (κ1) is 31.1. The van der Waals surface area contributed by atoms with Crippen LogP contribution in [0.1, 0.15) is 36.6 Å². The summed E-state index contributed by atoms with van der Waals surface area (Å²) in [7, 11) is 1.30. The Hall–Kier alpha value is -4.86. The van der Waals surface area contributed by atoms with Crippen molar-refractivity contribution in [2.75, 3.05) is 20.3 Å². The van der Waals surface area contributed by atoms with Crippen LogP contribution in [0, 0.1) is 0 Å². The molecule has 1 aromatic heterocycles. The SMILES string of the molecule is CCOc1ccc([C@@H]2C(C(=O)OC)=CN=c3s/c(=C/c4cc(Cl)ccc4OCc4cccc5ccccc45)c(=O)n32)cc1OCC. The lowest BCUT2D eigenvalue weighted by atomic mass is 9.97. The molecule has 0 unspecified atom stereocenters. The molecule has 0 amide bonds. The lowest BCUT2D eigenvalue weighted by molar-refractivity contribution is -0.136. The largest absolute Gasteiger partial charge is 0.490 e. The second-order valence-electron chi connectivity index (χ2n) is 10.4. The molecule has 1 atom stereocenters. The van der Waals surface area contributed by atoms with Crippen LogP contribution in [0.25, 0.3) is 16.8 Å². The number of rotatable bonds is 10. The number of esters is 1. The number of carbonyl (C=O) groups is 1. The van der Waals surface area contributed by atoms with Gasteiger partial charge in [-0.05, 0) is 72.2 Å². The van der Waals surface area contributed by atoms with Crippen LogP contribution in [0.2, 0.25) is 5.02 Å². The number of thiazole rings is 1. The van der Waals surface area contributed by atoms with E-state index in [1.165, 1.54) is 29.2 Å². The van der Waals surface area contributed by atoms with E-state index in [0.717, 1.165) is 16.3 Å². The smallest absolute Gasteiger partial charge is 0.337 e. The molecule has 4 aromatic carbocycles. The van der Waals surface area contributed by atoms with Crippen molar-refractivity contribution < 1.29 is 23.7 Å². The van der Waals surface area contributed by atoms with Crippen LogP contribution in [0.15, 0.2) is 100 Å². The monoisotopic (exact) mass is 654 g/mol. The fourth-order valence-electron chi connectivity index (χ4n) is 5.47. The third-order valence-electron chi connectivity index (χ3n) is 7.53. The molecule has 5 aromatic rings. The Bertz CT molecular complexity index is 2150. The summed E-state index contributed by atoms with van der Waals surface area (Å²) in [6.45, 7) is 4.96. The summed E-state index contributed by atoms with van der Waals surface area (Å²) in [5.41, 5.74) is 2.22. The molecule has 0 N–H and O–H groups in total. The Morgan fingerprint density at radius 3 is 2.50 bits per heavy atom. The number of fused-ring (bicyclic) bond motifs is 2. The maximum atomic E-state index is 14.1. The van der Waals surface area contributed by atoms with E-state index < -0.39 is 12.0 Å². The summed E-state index contributed by atoms with van der Waals surface area (Å²) >= 11 is 7.62. The second-order valence-corrected chi connectivity index (χ2v) is 11.8. The van der Waals surface area contributed by atoms with Crippen LogP contribution >= 0.6 is 22.9 Å². The van der Waals surface area contributed by atoms with E-state index in [-0.39, 0.29) is 11.1 Å². The van der Waals surface area contributed by atoms with Gasteiger partial charge in [0.15, 0.2) is 16.3 Å². The van der Waals surface area contributed by atoms with Crippen molar-refractivity contribution in [1.29, 1.82) is 0 Å². The highest BCUT2D eigenvalue weighted by atomic mass is 35.5. The van der Waals surface area contributed by atoms with Gasteiger partial charge in [-0.1, -0.05) is 71.5 Å². The van der Waals surface area contributed by atoms with Crippen LogP contribution < -0.4 is 29.1 Å². The van der Waals surface area contributed by atoms with E-state index in [9.17, 15) is 9.59 Å². The molecule has 8 nitrogen and oxygen atoms in total. The average Bonchev–Trinajstić information content (AvgIpc) is 3.39. The van der Waals surface area contributed by atoms with Crippen molar-refractivity contribution in [3.8, 4) is 17.2 Å². The average molecular weight is 655 g/mol. The summed E-state index contributed by atoms with van der Waals surface area (Å²) in [4.78, 5) is 32.0. The molecule has 0 fully saturated rings. The summed E-state index contributed by atoms with van der Waals surface area (Å²) in [5.74, 6) is 1.06. The Morgan fingerprint density at radius 1 is 0.935 bits per heavy atom. The third-order valence-corrected chi connectivity index (χ3v) is 8.76. The minimum Gasteiger partial charge on any atom is -0.490 e. The third kappa shape index (κ3) is 6.16. The number of aromatic nitrogens is 1. The topological polar surface area (TPSA) is 88.4 Å². The second kappa shape index (κ2) is 13.6. The number of hydrogen-bond donors (Lipinski definition) is 0. The van der Waals surface area contributed by atoms with E-state index >= 15 is 0 Å². The molecule has 6 rings (SSSR count). The molecular weight excluding hydrogens is 624 g/mol. The molecule has 0 aliphatic carbocycles. The van der Waals surface area contributed by atoms with Gasteiger partial charge >= 0.3 is 5.97 Å². The van der Waals surface area contributed by atoms with Gasteiger partial charge in [0, 0.05) is 16.8 Å². The molecule has 0 saturated heterocycles. The highest BCUT2D eigenvalue weighted by Gasteiger charge is 2.31. The normalized spacial score (nSPS) is 14.3. The summed E-state index contributed by atoms with van der Waals surface area (Å²) < 4.78 is 24.9. The van der Waals surface area contributed by atoms with E-state index in [1.54, 1.807) is 36.4 Å². The summed E-state index contributed by atoms with van der Waals surface area (Å²) in [6, 6.07) is 24.1. The summed E-state index contributed by atoms with van der Waals surface area (Å²) in [6.07, 6.45) is 3.21. The van der Waals surface area contributed by atoms with E-state index in [1.807, 2.05) is 44.2 Å². The van der Waals surface area contributed by atoms with Gasteiger partial charge in [0.25, 0.3) is 5.56 Å². The predicted octanol–water partition coefficient (Wildman–Crippen LogP) is 6.20. The first-order chi connectivity index (χ1) is 22.4. The van der Waals surface area contributed by atoms with E-state index in [4.69, 9.17) is 30.5 Å². The van der Waals surface area contributed by atoms with E-state index in [0.29, 0.717) is 62.6 Å². The van der Waals surface area contributed by atoms with Crippen LogP contribution in [-0.4, -0.2) is 30.9 Å². The maximum Gasteiger partial charge on any atom is 0.337 e. The molecule has 46 heavy (non-hydrogen) atoms. The summed E-state index contributed by atoms with van der Waals surface area (Å²) in [5, 5.41) is 2.74. The van der Waals surface area contributed by atoms with Crippen molar-refractivity contribution in [2.45, 2.75) is 26.5 Å². The standard InChI is InChI=1S/C36H31ClN2O6S/c1-4-43-30-15-13-23(18-31(30)44-5-2)33-28(35(41)42-3)20-38-36-39(33)34(40)32(46-36)19-25-17-26(37)14-16-29(25)45-21-24-11-8-10-22-9-6-7-12-27(22)24/h6-20,33H,4-5,21H2,1-3H3/b32-19+/t33-/m1/s1. The van der Waals surface area contributed by atoms with Crippen LogP contribution in [0.4, 0.5) is 0 Å². The number of ether oxygens (including phenoxy) is 4. The Balaban J connectivity index is 1.42.